The van der Waals surface area contributed by atoms with Gasteiger partial charge in [-0.05, 0) is 57.5 Å². The van der Waals surface area contributed by atoms with E-state index in [0.29, 0.717) is 13.2 Å². The zero-order chi connectivity index (χ0) is 18.4. The van der Waals surface area contributed by atoms with E-state index < -0.39 is 5.60 Å². The summed E-state index contributed by atoms with van der Waals surface area (Å²) < 4.78 is 12.3. The molecule has 0 aliphatic heterocycles. The van der Waals surface area contributed by atoms with Crippen molar-refractivity contribution < 1.29 is 14.3 Å². The number of nitrogens with zero attached hydrogens (tertiary/aromatic N) is 1. The van der Waals surface area contributed by atoms with E-state index in [0.717, 1.165) is 15.8 Å². The lowest BCUT2D eigenvalue weighted by atomic mass is 10.1. The zero-order valence-electron chi connectivity index (χ0n) is 15.0. The summed E-state index contributed by atoms with van der Waals surface area (Å²) in [4.78, 5) is 14.9. The fraction of sp³-hybridized carbons (Fsp3) is 0.421. The molecular formula is C19H24BrNO3S. The van der Waals surface area contributed by atoms with E-state index in [9.17, 15) is 4.79 Å². The number of carbonyl (C=O) groups excluding carboxylic acids is 1. The van der Waals surface area contributed by atoms with Crippen LogP contribution in [0.5, 0.6) is 5.75 Å². The normalized spacial score (nSPS) is 11.6. The molecule has 0 amide bonds. The van der Waals surface area contributed by atoms with Gasteiger partial charge in [-0.2, -0.15) is 0 Å². The molecule has 136 valence electrons. The van der Waals surface area contributed by atoms with Crippen molar-refractivity contribution in [2.45, 2.75) is 26.4 Å². The fourth-order valence-corrected chi connectivity index (χ4v) is 3.35. The van der Waals surface area contributed by atoms with Crippen LogP contribution in [0.2, 0.25) is 0 Å². The Morgan fingerprint density at radius 3 is 2.68 bits per heavy atom. The van der Waals surface area contributed by atoms with E-state index in [4.69, 9.17) is 9.47 Å². The van der Waals surface area contributed by atoms with E-state index in [2.05, 4.69) is 33.4 Å². The first-order chi connectivity index (χ1) is 11.7. The Kier molecular flexibility index (Phi) is 7.04. The second kappa shape index (κ2) is 8.83. The van der Waals surface area contributed by atoms with Crippen LogP contribution >= 0.6 is 27.3 Å². The van der Waals surface area contributed by atoms with Crippen molar-refractivity contribution in [3.05, 3.63) is 40.2 Å². The van der Waals surface area contributed by atoms with Gasteiger partial charge in [0, 0.05) is 21.5 Å². The van der Waals surface area contributed by atoms with Gasteiger partial charge >= 0.3 is 5.97 Å². The van der Waals surface area contributed by atoms with Crippen LogP contribution in [0.1, 0.15) is 20.8 Å². The molecule has 0 saturated carbocycles. The van der Waals surface area contributed by atoms with Crippen LogP contribution in [0.4, 0.5) is 0 Å². The molecule has 0 spiro atoms. The third-order valence-electron chi connectivity index (χ3n) is 3.28. The van der Waals surface area contributed by atoms with Crippen LogP contribution in [0.25, 0.3) is 10.4 Å². The summed E-state index contributed by atoms with van der Waals surface area (Å²) in [5.74, 6) is 0.620. The summed E-state index contributed by atoms with van der Waals surface area (Å²) in [6.07, 6.45) is 0. The summed E-state index contributed by atoms with van der Waals surface area (Å²) in [6.45, 7) is 6.99. The van der Waals surface area contributed by atoms with Crippen molar-refractivity contribution in [2.75, 3.05) is 26.7 Å². The number of hydrogen-bond acceptors (Lipinski definition) is 5. The third-order valence-corrected chi connectivity index (χ3v) is 4.67. The molecule has 1 aromatic heterocycles. The maximum Gasteiger partial charge on any atom is 0.320 e. The summed E-state index contributed by atoms with van der Waals surface area (Å²) in [6, 6.07) is 10.1. The van der Waals surface area contributed by atoms with E-state index in [-0.39, 0.29) is 12.5 Å². The van der Waals surface area contributed by atoms with Crippen molar-refractivity contribution in [2.24, 2.45) is 0 Å². The van der Waals surface area contributed by atoms with Crippen LogP contribution in [0.3, 0.4) is 0 Å². The lowest BCUT2D eigenvalue weighted by molar-refractivity contribution is -0.155. The van der Waals surface area contributed by atoms with Crippen LogP contribution in [0.15, 0.2) is 40.2 Å². The molecule has 0 bridgehead atoms. The van der Waals surface area contributed by atoms with Gasteiger partial charge < -0.3 is 9.47 Å². The highest BCUT2D eigenvalue weighted by Crippen LogP contribution is 2.35. The van der Waals surface area contributed by atoms with Crippen molar-refractivity contribution in [1.29, 1.82) is 0 Å². The van der Waals surface area contributed by atoms with Gasteiger partial charge in [0.1, 0.15) is 18.0 Å². The summed E-state index contributed by atoms with van der Waals surface area (Å²) in [5, 5.41) is 2.05. The Balaban J connectivity index is 1.89. The molecule has 4 nitrogen and oxygen atoms in total. The number of ether oxygens (including phenoxy) is 2. The highest BCUT2D eigenvalue weighted by molar-refractivity contribution is 9.10. The Morgan fingerprint density at radius 2 is 2.04 bits per heavy atom. The highest BCUT2D eigenvalue weighted by atomic mass is 79.9. The number of esters is 1. The predicted octanol–water partition coefficient (Wildman–Crippen LogP) is 4.83. The van der Waals surface area contributed by atoms with Gasteiger partial charge in [0.05, 0.1) is 6.54 Å². The Hall–Kier alpha value is -1.37. The molecule has 1 heterocycles. The summed E-state index contributed by atoms with van der Waals surface area (Å²) in [7, 11) is 1.88. The Labute approximate surface area is 161 Å². The molecule has 25 heavy (non-hydrogen) atoms. The molecule has 6 heteroatoms. The molecule has 0 radical (unpaired) electrons. The van der Waals surface area contributed by atoms with Gasteiger partial charge in [0.15, 0.2) is 0 Å². The van der Waals surface area contributed by atoms with Crippen LogP contribution in [-0.4, -0.2) is 43.2 Å². The maximum atomic E-state index is 11.8. The average Bonchev–Trinajstić information content (AvgIpc) is 3.00. The number of likely N-dealkylation sites (N-methyl/N-ethyl adjacent to an activating group) is 1. The van der Waals surface area contributed by atoms with Crippen molar-refractivity contribution in [3.63, 3.8) is 0 Å². The molecule has 0 unspecified atom stereocenters. The first-order valence-electron chi connectivity index (χ1n) is 8.11. The molecule has 0 fully saturated rings. The van der Waals surface area contributed by atoms with Gasteiger partial charge in [-0.25, -0.2) is 0 Å². The number of rotatable bonds is 7. The summed E-state index contributed by atoms with van der Waals surface area (Å²) in [5.41, 5.74) is 0.612. The number of benzene rings is 1. The van der Waals surface area contributed by atoms with Crippen molar-refractivity contribution in [1.82, 2.24) is 4.90 Å². The quantitative estimate of drug-likeness (QED) is 0.595. The smallest absolute Gasteiger partial charge is 0.320 e. The van der Waals surface area contributed by atoms with E-state index in [1.54, 1.807) is 11.3 Å². The second-order valence-corrected chi connectivity index (χ2v) is 8.65. The third kappa shape index (κ3) is 6.80. The van der Waals surface area contributed by atoms with Crippen LogP contribution in [-0.2, 0) is 9.53 Å². The van der Waals surface area contributed by atoms with E-state index in [1.807, 2.05) is 50.9 Å². The van der Waals surface area contributed by atoms with Gasteiger partial charge in [-0.3, -0.25) is 9.69 Å². The lowest BCUT2D eigenvalue weighted by Crippen LogP contribution is -2.34. The van der Waals surface area contributed by atoms with Crippen molar-refractivity contribution in [3.8, 4) is 16.2 Å². The van der Waals surface area contributed by atoms with Gasteiger partial charge in [0.25, 0.3) is 0 Å². The molecule has 0 saturated heterocycles. The topological polar surface area (TPSA) is 38.8 Å². The highest BCUT2D eigenvalue weighted by Gasteiger charge is 2.17. The first kappa shape index (κ1) is 19.9. The molecule has 0 atom stereocenters. The zero-order valence-corrected chi connectivity index (χ0v) is 17.4. The van der Waals surface area contributed by atoms with Gasteiger partial charge in [0.2, 0.25) is 0 Å². The Bertz CT molecular complexity index is 695. The predicted molar refractivity (Wildman–Crippen MR) is 106 cm³/mol. The minimum Gasteiger partial charge on any atom is -0.492 e. The number of hydrogen-bond donors (Lipinski definition) is 0. The second-order valence-electron chi connectivity index (χ2n) is 6.79. The maximum absolute atomic E-state index is 11.8. The van der Waals surface area contributed by atoms with E-state index >= 15 is 0 Å². The molecule has 2 aromatic rings. The molecule has 0 aliphatic carbocycles. The molecule has 0 N–H and O–H groups in total. The number of halogens is 1. The SMILES string of the molecule is CN(CCOc1ccc(Br)cc1-c1cccs1)CC(=O)OC(C)(C)C. The molecule has 1 aromatic carbocycles. The summed E-state index contributed by atoms with van der Waals surface area (Å²) >= 11 is 5.19. The average molecular weight is 426 g/mol. The molecular weight excluding hydrogens is 402 g/mol. The largest absolute Gasteiger partial charge is 0.492 e. The van der Waals surface area contributed by atoms with Gasteiger partial charge in [-0.15, -0.1) is 11.3 Å². The molecule has 0 aliphatic rings. The fourth-order valence-electron chi connectivity index (χ4n) is 2.24. The van der Waals surface area contributed by atoms with E-state index in [1.165, 1.54) is 4.88 Å². The van der Waals surface area contributed by atoms with Crippen molar-refractivity contribution >= 4 is 33.2 Å². The standard InChI is InChI=1S/C19H24BrNO3S/c1-19(2,3)24-18(22)13-21(4)9-10-23-16-8-7-14(20)12-15(16)17-6-5-11-25-17/h5-8,11-12H,9-10,13H2,1-4H3. The monoisotopic (exact) mass is 425 g/mol. The molecule has 2 rings (SSSR count). The van der Waals surface area contributed by atoms with Crippen LogP contribution < -0.4 is 4.74 Å². The first-order valence-corrected chi connectivity index (χ1v) is 9.78. The lowest BCUT2D eigenvalue weighted by Gasteiger charge is -2.22. The Morgan fingerprint density at radius 1 is 1.28 bits per heavy atom. The number of thiophene rings is 1. The number of carbonyl (C=O) groups is 1. The minimum atomic E-state index is -0.457. The minimum absolute atomic E-state index is 0.224. The van der Waals surface area contributed by atoms with Gasteiger partial charge in [-0.1, -0.05) is 22.0 Å². The van der Waals surface area contributed by atoms with Crippen LogP contribution in [0, 0.1) is 0 Å².